The van der Waals surface area contributed by atoms with Crippen LogP contribution in [0, 0.1) is 0 Å². The Morgan fingerprint density at radius 1 is 1.15 bits per heavy atom. The van der Waals surface area contributed by atoms with E-state index in [-0.39, 0.29) is 5.56 Å². The first kappa shape index (κ1) is 23.1. The average Bonchev–Trinajstić information content (AvgIpc) is 3.24. The number of halogens is 2. The lowest BCUT2D eigenvalue weighted by Crippen LogP contribution is -2.35. The van der Waals surface area contributed by atoms with E-state index in [1.165, 1.54) is 5.56 Å². The van der Waals surface area contributed by atoms with Crippen LogP contribution < -0.4 is 10.9 Å². The molecule has 3 heterocycles. The van der Waals surface area contributed by atoms with Gasteiger partial charge in [0.15, 0.2) is 0 Å². The number of pyridine rings is 1. The summed E-state index contributed by atoms with van der Waals surface area (Å²) in [5.74, 6) is 0.534. The molecule has 0 amide bonds. The van der Waals surface area contributed by atoms with Crippen LogP contribution in [0.15, 0.2) is 57.9 Å². The molecule has 0 saturated carbocycles. The average molecular weight is 543 g/mol. The number of imidazole rings is 1. The number of H-pyrrole nitrogens is 2. The van der Waals surface area contributed by atoms with E-state index in [2.05, 4.69) is 48.2 Å². The fraction of sp³-hybridized carbons (Fsp3) is 0.280. The molecule has 34 heavy (non-hydrogen) atoms. The molecule has 0 spiro atoms. The summed E-state index contributed by atoms with van der Waals surface area (Å²) in [6, 6.07) is 13.9. The number of nitrogens with one attached hydrogen (secondary N) is 3. The maximum Gasteiger partial charge on any atom is 0.261 e. The number of hydrogen-bond acceptors (Lipinski definition) is 5. The smallest absolute Gasteiger partial charge is 0.261 e. The van der Waals surface area contributed by atoms with E-state index in [0.29, 0.717) is 17.9 Å². The van der Waals surface area contributed by atoms with E-state index in [1.807, 2.05) is 30.3 Å². The van der Waals surface area contributed by atoms with Gasteiger partial charge in [0.2, 0.25) is 0 Å². The van der Waals surface area contributed by atoms with Crippen molar-refractivity contribution in [3.8, 4) is 11.4 Å². The first-order valence-electron chi connectivity index (χ1n) is 11.3. The molecule has 7 nitrogen and oxygen atoms in total. The van der Waals surface area contributed by atoms with Gasteiger partial charge in [-0.05, 0) is 63.8 Å². The maximum absolute atomic E-state index is 12.8. The minimum absolute atomic E-state index is 0.198. The zero-order chi connectivity index (χ0) is 23.5. The summed E-state index contributed by atoms with van der Waals surface area (Å²) in [7, 11) is 0. The Morgan fingerprint density at radius 2 is 2.00 bits per heavy atom. The molecule has 5 rings (SSSR count). The number of nitrogens with zero attached hydrogens (tertiary/aromatic N) is 2. The molecule has 1 fully saturated rings. The Hall–Kier alpha value is -2.65. The highest BCUT2D eigenvalue weighted by molar-refractivity contribution is 9.10. The quantitative estimate of drug-likeness (QED) is 0.312. The van der Waals surface area contributed by atoms with E-state index >= 15 is 0 Å². The second-order valence-electron chi connectivity index (χ2n) is 8.35. The number of ether oxygens (including phenoxy) is 1. The van der Waals surface area contributed by atoms with Gasteiger partial charge in [-0.15, -0.1) is 0 Å². The van der Waals surface area contributed by atoms with Gasteiger partial charge in [0.05, 0.1) is 24.4 Å². The van der Waals surface area contributed by atoms with Crippen molar-refractivity contribution in [3.05, 3.63) is 79.6 Å². The summed E-state index contributed by atoms with van der Waals surface area (Å²) >= 11 is 9.76. The van der Waals surface area contributed by atoms with Crippen LogP contribution in [0.3, 0.4) is 0 Å². The summed E-state index contributed by atoms with van der Waals surface area (Å²) in [4.78, 5) is 26.1. The topological polar surface area (TPSA) is 86.0 Å². The third kappa shape index (κ3) is 5.20. The van der Waals surface area contributed by atoms with Crippen molar-refractivity contribution in [1.82, 2.24) is 19.9 Å². The van der Waals surface area contributed by atoms with Crippen molar-refractivity contribution in [2.45, 2.75) is 13.0 Å². The molecule has 1 saturated heterocycles. The molecule has 0 bridgehead atoms. The first-order valence-corrected chi connectivity index (χ1v) is 12.4. The lowest BCUT2D eigenvalue weighted by atomic mass is 10.1. The number of aromatic nitrogens is 3. The minimum atomic E-state index is -0.198. The van der Waals surface area contributed by atoms with Gasteiger partial charge < -0.3 is 20.0 Å². The molecule has 3 N–H and O–H groups in total. The van der Waals surface area contributed by atoms with Crippen LogP contribution >= 0.6 is 27.5 Å². The number of aromatic amines is 2. The summed E-state index contributed by atoms with van der Waals surface area (Å²) < 4.78 is 6.35. The Labute approximate surface area is 210 Å². The molecule has 0 atom stereocenters. The molecule has 4 aromatic rings. The lowest BCUT2D eigenvalue weighted by Gasteiger charge is -2.26. The highest BCUT2D eigenvalue weighted by Crippen LogP contribution is 2.29. The van der Waals surface area contributed by atoms with E-state index in [0.717, 1.165) is 71.0 Å². The predicted molar refractivity (Wildman–Crippen MR) is 140 cm³/mol. The summed E-state index contributed by atoms with van der Waals surface area (Å²) in [6.07, 6.45) is 2.43. The first-order chi connectivity index (χ1) is 16.6. The highest BCUT2D eigenvalue weighted by atomic mass is 79.9. The van der Waals surface area contributed by atoms with Crippen LogP contribution in [0.4, 0.5) is 5.69 Å². The van der Waals surface area contributed by atoms with Crippen LogP contribution in [0.2, 0.25) is 5.02 Å². The molecular formula is C25H25BrClN5O2. The number of rotatable bonds is 7. The third-order valence-electron chi connectivity index (χ3n) is 5.93. The van der Waals surface area contributed by atoms with Crippen molar-refractivity contribution < 1.29 is 4.74 Å². The van der Waals surface area contributed by atoms with E-state index in [9.17, 15) is 4.79 Å². The molecule has 176 valence electrons. The molecule has 2 aromatic heterocycles. The Morgan fingerprint density at radius 3 is 2.82 bits per heavy atom. The van der Waals surface area contributed by atoms with Gasteiger partial charge in [-0.2, -0.15) is 0 Å². The summed E-state index contributed by atoms with van der Waals surface area (Å²) in [6.45, 7) is 4.88. The van der Waals surface area contributed by atoms with Crippen LogP contribution in [-0.2, 0) is 17.7 Å². The second-order valence-corrected chi connectivity index (χ2v) is 9.64. The number of fused-ring (bicyclic) bond motifs is 1. The van der Waals surface area contributed by atoms with Crippen molar-refractivity contribution >= 4 is 44.3 Å². The summed E-state index contributed by atoms with van der Waals surface area (Å²) in [5, 5.41) is 4.11. The van der Waals surface area contributed by atoms with Gasteiger partial charge in [-0.25, -0.2) is 4.98 Å². The van der Waals surface area contributed by atoms with E-state index < -0.39 is 0 Å². The van der Waals surface area contributed by atoms with Gasteiger partial charge >= 0.3 is 0 Å². The van der Waals surface area contributed by atoms with Crippen molar-refractivity contribution in [3.63, 3.8) is 0 Å². The maximum atomic E-state index is 12.8. The Bertz CT molecular complexity index is 1360. The van der Waals surface area contributed by atoms with Gasteiger partial charge in [-0.3, -0.25) is 9.69 Å². The predicted octanol–water partition coefficient (Wildman–Crippen LogP) is 4.82. The van der Waals surface area contributed by atoms with Crippen LogP contribution in [0.1, 0.15) is 11.1 Å². The normalized spacial score (nSPS) is 14.5. The molecule has 9 heteroatoms. The minimum Gasteiger partial charge on any atom is -0.384 e. The summed E-state index contributed by atoms with van der Waals surface area (Å²) in [5.41, 5.74) is 5.03. The monoisotopic (exact) mass is 541 g/mol. The van der Waals surface area contributed by atoms with Gasteiger partial charge in [0.25, 0.3) is 5.56 Å². The standard InChI is InChI=1S/C25H25BrClN5O2/c26-19-13-17(15-32-8-10-34-11-9-32)14-21-23(19)31-24(30-21)22-20(5-7-29-25(22)33)28-6-4-16-2-1-3-18(27)12-16/h1-3,5,7,12-14H,4,6,8-11,15H2,(H,30,31)(H2,28,29,33). The van der Waals surface area contributed by atoms with E-state index in [4.69, 9.17) is 21.3 Å². The second kappa shape index (κ2) is 10.3. The molecule has 0 aliphatic carbocycles. The van der Waals surface area contributed by atoms with Crippen molar-refractivity contribution in [1.29, 1.82) is 0 Å². The van der Waals surface area contributed by atoms with Crippen molar-refractivity contribution in [2.24, 2.45) is 0 Å². The van der Waals surface area contributed by atoms with Gasteiger partial charge in [0, 0.05) is 41.9 Å². The Balaban J connectivity index is 1.40. The fourth-order valence-electron chi connectivity index (χ4n) is 4.25. The fourth-order valence-corrected chi connectivity index (χ4v) is 5.06. The third-order valence-corrected chi connectivity index (χ3v) is 6.77. The highest BCUT2D eigenvalue weighted by Gasteiger charge is 2.17. The molecule has 2 aromatic carbocycles. The molecular weight excluding hydrogens is 518 g/mol. The van der Waals surface area contributed by atoms with Crippen LogP contribution in [-0.4, -0.2) is 52.7 Å². The zero-order valence-corrected chi connectivity index (χ0v) is 20.9. The number of hydrogen-bond donors (Lipinski definition) is 3. The lowest BCUT2D eigenvalue weighted by molar-refractivity contribution is 0.0342. The Kier molecular flexibility index (Phi) is 7.01. The molecule has 0 unspecified atom stereocenters. The zero-order valence-electron chi connectivity index (χ0n) is 18.5. The number of benzene rings is 2. The van der Waals surface area contributed by atoms with E-state index in [1.54, 1.807) is 6.20 Å². The van der Waals surface area contributed by atoms with Crippen molar-refractivity contribution in [2.75, 3.05) is 38.2 Å². The van der Waals surface area contributed by atoms with Crippen LogP contribution in [0.25, 0.3) is 22.4 Å². The SMILES string of the molecule is O=c1[nH]ccc(NCCc2cccc(Cl)c2)c1-c1nc2c(Br)cc(CN3CCOCC3)cc2[nH]1. The number of morpholine rings is 1. The molecule has 0 radical (unpaired) electrons. The largest absolute Gasteiger partial charge is 0.384 e. The number of anilines is 1. The van der Waals surface area contributed by atoms with Gasteiger partial charge in [0.1, 0.15) is 16.9 Å². The molecule has 1 aliphatic rings. The van der Waals surface area contributed by atoms with Gasteiger partial charge in [-0.1, -0.05) is 23.7 Å². The van der Waals surface area contributed by atoms with Crippen LogP contribution in [0.5, 0.6) is 0 Å². The molecule has 1 aliphatic heterocycles.